The molecule has 2 N–H and O–H groups in total. The molecule has 10 heteroatoms. The van der Waals surface area contributed by atoms with E-state index in [9.17, 15) is 9.59 Å². The molecule has 0 saturated heterocycles. The van der Waals surface area contributed by atoms with Crippen LogP contribution in [-0.2, 0) is 0 Å². The van der Waals surface area contributed by atoms with Gasteiger partial charge in [0.15, 0.2) is 5.82 Å². The molecule has 0 unspecified atom stereocenters. The molecule has 3 aromatic heterocycles. The Balaban J connectivity index is 1.50. The maximum atomic E-state index is 12.8. The van der Waals surface area contributed by atoms with E-state index >= 15 is 0 Å². The van der Waals surface area contributed by atoms with Crippen molar-refractivity contribution in [3.63, 3.8) is 0 Å². The van der Waals surface area contributed by atoms with Crippen LogP contribution in [0.15, 0.2) is 67.4 Å². The molecule has 160 valence electrons. The van der Waals surface area contributed by atoms with Gasteiger partial charge < -0.3 is 15.2 Å². The second-order valence-electron chi connectivity index (χ2n) is 7.15. The number of pyridine rings is 1. The summed E-state index contributed by atoms with van der Waals surface area (Å²) in [5, 5.41) is 13.5. The number of nitrogens with zero attached hydrogens (tertiary/aromatic N) is 6. The molecule has 32 heavy (non-hydrogen) atoms. The minimum Gasteiger partial charge on any atom is -0.310 e. The van der Waals surface area contributed by atoms with Crippen molar-refractivity contribution in [1.82, 2.24) is 29.7 Å². The summed E-state index contributed by atoms with van der Waals surface area (Å²) < 4.78 is 1.90. The van der Waals surface area contributed by atoms with E-state index in [4.69, 9.17) is 0 Å². The van der Waals surface area contributed by atoms with Gasteiger partial charge >= 0.3 is 0 Å². The Hall–Kier alpha value is -4.47. The van der Waals surface area contributed by atoms with Gasteiger partial charge in [-0.25, -0.2) is 15.0 Å². The quantitative estimate of drug-likeness (QED) is 0.483. The standard InChI is InChI=1S/C22H20N8O2/c1-14(2)30-13-25-29-20(30)17-7-4-8-19(26-17)28-22(32)16-6-3-5-15(11-16)21(31)27-18-9-10-23-12-24-18/h3-14H,1-2H3,(H,26,28,32)(H,23,24,27,31). The van der Waals surface area contributed by atoms with Crippen molar-refractivity contribution in [3.05, 3.63) is 78.5 Å². The second kappa shape index (κ2) is 9.13. The Morgan fingerprint density at radius 3 is 2.34 bits per heavy atom. The van der Waals surface area contributed by atoms with Gasteiger partial charge in [-0.15, -0.1) is 10.2 Å². The molecule has 3 heterocycles. The first-order chi connectivity index (χ1) is 15.5. The summed E-state index contributed by atoms with van der Waals surface area (Å²) >= 11 is 0. The summed E-state index contributed by atoms with van der Waals surface area (Å²) in [4.78, 5) is 37.5. The lowest BCUT2D eigenvalue weighted by Crippen LogP contribution is -2.16. The summed E-state index contributed by atoms with van der Waals surface area (Å²) in [6.07, 6.45) is 4.51. The third kappa shape index (κ3) is 4.64. The average Bonchev–Trinajstić information content (AvgIpc) is 3.30. The zero-order chi connectivity index (χ0) is 22.5. The Labute approximate surface area is 183 Å². The molecular weight excluding hydrogens is 408 g/mol. The van der Waals surface area contributed by atoms with Crippen LogP contribution < -0.4 is 10.6 Å². The Kier molecular flexibility index (Phi) is 5.93. The molecule has 0 aliphatic heterocycles. The van der Waals surface area contributed by atoms with Crippen LogP contribution in [0.5, 0.6) is 0 Å². The second-order valence-corrected chi connectivity index (χ2v) is 7.15. The summed E-state index contributed by atoms with van der Waals surface area (Å²) in [6, 6.07) is 13.4. The molecule has 0 saturated carbocycles. The highest BCUT2D eigenvalue weighted by atomic mass is 16.2. The van der Waals surface area contributed by atoms with E-state index in [-0.39, 0.29) is 11.9 Å². The number of nitrogens with one attached hydrogen (secondary N) is 2. The summed E-state index contributed by atoms with van der Waals surface area (Å²) in [5.74, 6) is 0.569. The number of anilines is 2. The number of carbonyl (C=O) groups is 2. The molecule has 1 aromatic carbocycles. The molecule has 0 aliphatic carbocycles. The first kappa shape index (κ1) is 20.8. The zero-order valence-electron chi connectivity index (χ0n) is 17.4. The lowest BCUT2D eigenvalue weighted by atomic mass is 10.1. The predicted molar refractivity (Wildman–Crippen MR) is 118 cm³/mol. The number of carbonyl (C=O) groups excluding carboxylic acids is 2. The molecule has 0 fully saturated rings. The molecule has 0 atom stereocenters. The number of hydrogen-bond donors (Lipinski definition) is 2. The molecule has 0 radical (unpaired) electrons. The van der Waals surface area contributed by atoms with Gasteiger partial charge in [0, 0.05) is 23.4 Å². The van der Waals surface area contributed by atoms with Crippen molar-refractivity contribution in [2.45, 2.75) is 19.9 Å². The lowest BCUT2D eigenvalue weighted by molar-refractivity contribution is 0.102. The fourth-order valence-electron chi connectivity index (χ4n) is 2.98. The number of benzene rings is 1. The highest BCUT2D eigenvalue weighted by molar-refractivity contribution is 6.08. The van der Waals surface area contributed by atoms with E-state index < -0.39 is 5.91 Å². The van der Waals surface area contributed by atoms with Crippen LogP contribution in [0.1, 0.15) is 40.6 Å². The van der Waals surface area contributed by atoms with Crippen LogP contribution in [0.3, 0.4) is 0 Å². The van der Waals surface area contributed by atoms with Gasteiger partial charge in [0.25, 0.3) is 11.8 Å². The molecule has 0 bridgehead atoms. The van der Waals surface area contributed by atoms with Gasteiger partial charge in [0.1, 0.15) is 30.0 Å². The van der Waals surface area contributed by atoms with Gasteiger partial charge in [-0.05, 0) is 50.2 Å². The molecule has 4 rings (SSSR count). The molecule has 10 nitrogen and oxygen atoms in total. The van der Waals surface area contributed by atoms with Gasteiger partial charge in [-0.2, -0.15) is 0 Å². The van der Waals surface area contributed by atoms with Crippen molar-refractivity contribution < 1.29 is 9.59 Å². The highest BCUT2D eigenvalue weighted by Crippen LogP contribution is 2.20. The van der Waals surface area contributed by atoms with Crippen LogP contribution >= 0.6 is 0 Å². The van der Waals surface area contributed by atoms with Crippen molar-refractivity contribution in [2.24, 2.45) is 0 Å². The van der Waals surface area contributed by atoms with E-state index in [1.807, 2.05) is 18.4 Å². The number of hydrogen-bond acceptors (Lipinski definition) is 7. The van der Waals surface area contributed by atoms with E-state index in [1.165, 1.54) is 18.6 Å². The third-order valence-electron chi connectivity index (χ3n) is 4.56. The topological polar surface area (TPSA) is 128 Å². The number of aromatic nitrogens is 6. The SMILES string of the molecule is CC(C)n1cnnc1-c1cccc(NC(=O)c2cccc(C(=O)Nc3ccncn3)c2)n1. The van der Waals surface area contributed by atoms with Gasteiger partial charge in [0.05, 0.1) is 0 Å². The smallest absolute Gasteiger partial charge is 0.256 e. The van der Waals surface area contributed by atoms with Crippen molar-refractivity contribution in [2.75, 3.05) is 10.6 Å². The Morgan fingerprint density at radius 1 is 0.938 bits per heavy atom. The summed E-state index contributed by atoms with van der Waals surface area (Å²) in [6.45, 7) is 4.04. The van der Waals surface area contributed by atoms with E-state index in [2.05, 4.69) is 35.8 Å². The van der Waals surface area contributed by atoms with Crippen molar-refractivity contribution >= 4 is 23.5 Å². The van der Waals surface area contributed by atoms with Crippen LogP contribution in [0.4, 0.5) is 11.6 Å². The monoisotopic (exact) mass is 428 g/mol. The average molecular weight is 428 g/mol. The van der Waals surface area contributed by atoms with Crippen LogP contribution in [-0.4, -0.2) is 41.5 Å². The Morgan fingerprint density at radius 2 is 1.66 bits per heavy atom. The minimum atomic E-state index is -0.392. The van der Waals surface area contributed by atoms with Crippen LogP contribution in [0, 0.1) is 0 Å². The normalized spacial score (nSPS) is 10.7. The highest BCUT2D eigenvalue weighted by Gasteiger charge is 2.14. The van der Waals surface area contributed by atoms with E-state index in [0.29, 0.717) is 34.3 Å². The molecular formula is C22H20N8O2. The lowest BCUT2D eigenvalue weighted by Gasteiger charge is -2.11. The minimum absolute atomic E-state index is 0.163. The first-order valence-electron chi connectivity index (χ1n) is 9.87. The van der Waals surface area contributed by atoms with Gasteiger partial charge in [0.2, 0.25) is 0 Å². The fraction of sp³-hybridized carbons (Fsp3) is 0.136. The van der Waals surface area contributed by atoms with Crippen molar-refractivity contribution in [3.8, 4) is 11.5 Å². The third-order valence-corrected chi connectivity index (χ3v) is 4.56. The van der Waals surface area contributed by atoms with Crippen molar-refractivity contribution in [1.29, 1.82) is 0 Å². The molecule has 0 spiro atoms. The maximum Gasteiger partial charge on any atom is 0.256 e. The number of rotatable bonds is 6. The van der Waals surface area contributed by atoms with E-state index in [0.717, 1.165) is 0 Å². The van der Waals surface area contributed by atoms with E-state index in [1.54, 1.807) is 48.8 Å². The molecule has 0 aliphatic rings. The summed E-state index contributed by atoms with van der Waals surface area (Å²) in [7, 11) is 0. The Bertz CT molecular complexity index is 1250. The largest absolute Gasteiger partial charge is 0.310 e. The van der Waals surface area contributed by atoms with Gasteiger partial charge in [-0.1, -0.05) is 12.1 Å². The zero-order valence-corrected chi connectivity index (χ0v) is 17.4. The number of amides is 2. The predicted octanol–water partition coefficient (Wildman–Crippen LogP) is 3.22. The molecule has 4 aromatic rings. The maximum absolute atomic E-state index is 12.8. The van der Waals surface area contributed by atoms with Gasteiger partial charge in [-0.3, -0.25) is 9.59 Å². The molecule has 2 amide bonds. The first-order valence-corrected chi connectivity index (χ1v) is 9.87. The summed E-state index contributed by atoms with van der Waals surface area (Å²) in [5.41, 5.74) is 1.23. The fourth-order valence-corrected chi connectivity index (χ4v) is 2.98. The van der Waals surface area contributed by atoms with Crippen LogP contribution in [0.2, 0.25) is 0 Å². The van der Waals surface area contributed by atoms with Crippen LogP contribution in [0.25, 0.3) is 11.5 Å².